The van der Waals surface area contributed by atoms with Crippen LogP contribution in [0.4, 0.5) is 0 Å². The van der Waals surface area contributed by atoms with Crippen LogP contribution in [0.1, 0.15) is 44.4 Å². The second-order valence-corrected chi connectivity index (χ2v) is 6.12. The van der Waals surface area contributed by atoms with E-state index >= 15 is 0 Å². The van der Waals surface area contributed by atoms with Gasteiger partial charge in [-0.2, -0.15) is 0 Å². The molecule has 1 heterocycles. The fourth-order valence-corrected chi connectivity index (χ4v) is 3.32. The molecule has 0 saturated heterocycles. The molecule has 0 aliphatic carbocycles. The van der Waals surface area contributed by atoms with E-state index in [1.54, 1.807) is 0 Å². The molecule has 1 rings (SSSR count). The van der Waals surface area contributed by atoms with Gasteiger partial charge in [-0.05, 0) is 54.2 Å². The van der Waals surface area contributed by atoms with Crippen LogP contribution in [0.25, 0.3) is 0 Å². The maximum absolute atomic E-state index is 3.64. The molecule has 0 aromatic carbocycles. The van der Waals surface area contributed by atoms with Gasteiger partial charge in [0.05, 0.1) is 0 Å². The second-order valence-electron chi connectivity index (χ2n) is 4.21. The van der Waals surface area contributed by atoms with Crippen molar-refractivity contribution in [2.45, 2.75) is 52.0 Å². The Labute approximate surface area is 112 Å². The van der Waals surface area contributed by atoms with Crippen molar-refractivity contribution in [3.05, 3.63) is 20.8 Å². The van der Waals surface area contributed by atoms with E-state index in [2.05, 4.69) is 46.5 Å². The summed E-state index contributed by atoms with van der Waals surface area (Å²) in [6.45, 7) is 5.65. The first-order valence-electron chi connectivity index (χ1n) is 6.22. The predicted molar refractivity (Wildman–Crippen MR) is 77.3 cm³/mol. The van der Waals surface area contributed by atoms with Gasteiger partial charge in [0.1, 0.15) is 0 Å². The van der Waals surface area contributed by atoms with E-state index < -0.39 is 0 Å². The zero-order valence-corrected chi connectivity index (χ0v) is 12.7. The molecule has 0 fully saturated rings. The Balaban J connectivity index is 2.30. The number of halogens is 1. The van der Waals surface area contributed by atoms with Gasteiger partial charge in [-0.1, -0.05) is 20.3 Å². The molecule has 1 nitrogen and oxygen atoms in total. The molecule has 1 N–H and O–H groups in total. The van der Waals surface area contributed by atoms with Gasteiger partial charge < -0.3 is 5.32 Å². The van der Waals surface area contributed by atoms with Gasteiger partial charge in [-0.15, -0.1) is 11.3 Å². The van der Waals surface area contributed by atoms with Crippen molar-refractivity contribution < 1.29 is 0 Å². The topological polar surface area (TPSA) is 12.0 Å². The third-order valence-corrected chi connectivity index (χ3v) is 4.44. The number of nitrogens with one attached hydrogen (secondary N) is 1. The van der Waals surface area contributed by atoms with Crippen LogP contribution in [0.2, 0.25) is 0 Å². The average Bonchev–Trinajstić information content (AvgIpc) is 2.68. The molecular formula is C13H22BrNS. The fraction of sp³-hybridized carbons (Fsp3) is 0.692. The van der Waals surface area contributed by atoms with Gasteiger partial charge >= 0.3 is 0 Å². The van der Waals surface area contributed by atoms with Gasteiger partial charge in [-0.3, -0.25) is 0 Å². The van der Waals surface area contributed by atoms with E-state index in [1.807, 2.05) is 11.3 Å². The summed E-state index contributed by atoms with van der Waals surface area (Å²) in [6.07, 6.45) is 6.27. The highest BCUT2D eigenvalue weighted by molar-refractivity contribution is 9.10. The standard InChI is InChI=1S/C13H22BrNS/c1-3-5-12(15-8-4-2)6-7-13-9-11(14)10-16-13/h9-10,12,15H,3-8H2,1-2H3. The lowest BCUT2D eigenvalue weighted by atomic mass is 10.1. The largest absolute Gasteiger partial charge is 0.314 e. The molecule has 0 radical (unpaired) electrons. The maximum atomic E-state index is 3.64. The van der Waals surface area contributed by atoms with Crippen LogP contribution in [0.15, 0.2) is 15.9 Å². The lowest BCUT2D eigenvalue weighted by Crippen LogP contribution is -2.30. The van der Waals surface area contributed by atoms with Crippen molar-refractivity contribution >= 4 is 27.3 Å². The Bertz CT molecular complexity index is 285. The molecule has 3 heteroatoms. The van der Waals surface area contributed by atoms with Crippen molar-refractivity contribution in [1.29, 1.82) is 0 Å². The van der Waals surface area contributed by atoms with Crippen molar-refractivity contribution in [3.8, 4) is 0 Å². The summed E-state index contributed by atoms with van der Waals surface area (Å²) in [5.41, 5.74) is 0. The zero-order chi connectivity index (χ0) is 11.8. The molecule has 0 aliphatic rings. The van der Waals surface area contributed by atoms with E-state index in [9.17, 15) is 0 Å². The average molecular weight is 304 g/mol. The summed E-state index contributed by atoms with van der Waals surface area (Å²) in [7, 11) is 0. The first kappa shape index (κ1) is 14.2. The van der Waals surface area contributed by atoms with E-state index in [0.29, 0.717) is 6.04 Å². The summed E-state index contributed by atoms with van der Waals surface area (Å²) in [5, 5.41) is 5.81. The van der Waals surface area contributed by atoms with Crippen molar-refractivity contribution in [3.63, 3.8) is 0 Å². The highest BCUT2D eigenvalue weighted by atomic mass is 79.9. The molecule has 1 atom stereocenters. The Morgan fingerprint density at radius 2 is 2.12 bits per heavy atom. The predicted octanol–water partition coefficient (Wildman–Crippen LogP) is 4.61. The van der Waals surface area contributed by atoms with Gasteiger partial charge in [0, 0.05) is 20.8 Å². The number of hydrogen-bond donors (Lipinski definition) is 1. The van der Waals surface area contributed by atoms with Crippen LogP contribution < -0.4 is 5.32 Å². The third kappa shape index (κ3) is 5.46. The first-order chi connectivity index (χ1) is 7.76. The van der Waals surface area contributed by atoms with Crippen LogP contribution in [-0.4, -0.2) is 12.6 Å². The fourth-order valence-electron chi connectivity index (χ4n) is 1.85. The number of aryl methyl sites for hydroxylation is 1. The Hall–Kier alpha value is 0.140. The van der Waals surface area contributed by atoms with Crippen molar-refractivity contribution in [1.82, 2.24) is 5.32 Å². The minimum absolute atomic E-state index is 0.700. The maximum Gasteiger partial charge on any atom is 0.0285 e. The minimum Gasteiger partial charge on any atom is -0.314 e. The summed E-state index contributed by atoms with van der Waals surface area (Å²) < 4.78 is 1.22. The molecule has 0 spiro atoms. The summed E-state index contributed by atoms with van der Waals surface area (Å²) >= 11 is 5.37. The Morgan fingerprint density at radius 1 is 1.31 bits per heavy atom. The SMILES string of the molecule is CCCNC(CCC)CCc1cc(Br)cs1. The summed E-state index contributed by atoms with van der Waals surface area (Å²) in [4.78, 5) is 1.49. The van der Waals surface area contributed by atoms with Crippen LogP contribution in [0, 0.1) is 0 Å². The molecule has 1 aromatic heterocycles. The van der Waals surface area contributed by atoms with E-state index in [1.165, 1.54) is 41.5 Å². The molecule has 0 saturated carbocycles. The first-order valence-corrected chi connectivity index (χ1v) is 7.89. The van der Waals surface area contributed by atoms with Crippen molar-refractivity contribution in [2.75, 3.05) is 6.54 Å². The number of hydrogen-bond acceptors (Lipinski definition) is 2. The molecule has 0 bridgehead atoms. The van der Waals surface area contributed by atoms with Crippen LogP contribution in [-0.2, 0) is 6.42 Å². The van der Waals surface area contributed by atoms with Gasteiger partial charge in [0.25, 0.3) is 0 Å². The van der Waals surface area contributed by atoms with Crippen LogP contribution in [0.5, 0.6) is 0 Å². The molecule has 92 valence electrons. The molecular weight excluding hydrogens is 282 g/mol. The molecule has 1 aromatic rings. The van der Waals surface area contributed by atoms with Gasteiger partial charge in [0.15, 0.2) is 0 Å². The van der Waals surface area contributed by atoms with Gasteiger partial charge in [0.2, 0.25) is 0 Å². The monoisotopic (exact) mass is 303 g/mol. The van der Waals surface area contributed by atoms with Gasteiger partial charge in [-0.25, -0.2) is 0 Å². The second kappa shape index (κ2) is 8.26. The summed E-state index contributed by atoms with van der Waals surface area (Å²) in [6, 6.07) is 2.94. The minimum atomic E-state index is 0.700. The van der Waals surface area contributed by atoms with Crippen LogP contribution in [0.3, 0.4) is 0 Å². The van der Waals surface area contributed by atoms with Crippen LogP contribution >= 0.6 is 27.3 Å². The molecule has 1 unspecified atom stereocenters. The number of rotatable bonds is 8. The normalized spacial score (nSPS) is 12.9. The lowest BCUT2D eigenvalue weighted by Gasteiger charge is -2.17. The quantitative estimate of drug-likeness (QED) is 0.739. The molecule has 0 aliphatic heterocycles. The van der Waals surface area contributed by atoms with E-state index in [-0.39, 0.29) is 0 Å². The lowest BCUT2D eigenvalue weighted by molar-refractivity contribution is 0.450. The van der Waals surface area contributed by atoms with E-state index in [0.717, 1.165) is 6.54 Å². The molecule has 0 amide bonds. The summed E-state index contributed by atoms with van der Waals surface area (Å²) in [5.74, 6) is 0. The Morgan fingerprint density at radius 3 is 2.69 bits per heavy atom. The van der Waals surface area contributed by atoms with E-state index in [4.69, 9.17) is 0 Å². The number of thiophene rings is 1. The smallest absolute Gasteiger partial charge is 0.0285 e. The van der Waals surface area contributed by atoms with Crippen molar-refractivity contribution in [2.24, 2.45) is 0 Å². The highest BCUT2D eigenvalue weighted by Crippen LogP contribution is 2.21. The zero-order valence-electron chi connectivity index (χ0n) is 10.3. The third-order valence-electron chi connectivity index (χ3n) is 2.68. The molecule has 16 heavy (non-hydrogen) atoms. The Kier molecular flexibility index (Phi) is 7.33. The highest BCUT2D eigenvalue weighted by Gasteiger charge is 2.07.